The van der Waals surface area contributed by atoms with Crippen LogP contribution in [0.25, 0.3) is 0 Å². The van der Waals surface area contributed by atoms with Crippen molar-refractivity contribution in [3.63, 3.8) is 0 Å². The number of carbonyl (C=O) groups excluding carboxylic acids is 3. The quantitative estimate of drug-likeness (QED) is 0.637. The summed E-state index contributed by atoms with van der Waals surface area (Å²) >= 11 is 0.854. The Kier molecular flexibility index (Phi) is 3.93. The minimum atomic E-state index is -2.98. The van der Waals surface area contributed by atoms with Gasteiger partial charge in [0, 0.05) is 4.90 Å². The molecule has 1 aliphatic rings. The molecule has 1 aliphatic heterocycles. The van der Waals surface area contributed by atoms with Gasteiger partial charge in [0.05, 0.1) is 7.11 Å². The summed E-state index contributed by atoms with van der Waals surface area (Å²) < 4.78 is 19.1. The second kappa shape index (κ2) is 5.49. The van der Waals surface area contributed by atoms with Crippen molar-refractivity contribution in [1.29, 1.82) is 0 Å². The van der Waals surface area contributed by atoms with Crippen LogP contribution in [0.4, 0.5) is 9.18 Å². The Morgan fingerprint density at radius 2 is 2.00 bits per heavy atom. The van der Waals surface area contributed by atoms with Gasteiger partial charge in [0.25, 0.3) is 5.91 Å². The molecule has 1 fully saturated rings. The molecule has 1 aromatic carbocycles. The largest absolute Gasteiger partial charge is 0.466 e. The lowest BCUT2D eigenvalue weighted by atomic mass is 10.0. The highest BCUT2D eigenvalue weighted by Crippen LogP contribution is 2.34. The van der Waals surface area contributed by atoms with E-state index < -0.39 is 29.0 Å². The van der Waals surface area contributed by atoms with Crippen LogP contribution in [0.3, 0.4) is 0 Å². The molecule has 2 N–H and O–H groups in total. The molecule has 3 amide bonds. The highest BCUT2D eigenvalue weighted by molar-refractivity contribution is 8.00. The van der Waals surface area contributed by atoms with E-state index in [0.29, 0.717) is 4.90 Å². The number of nitrogens with one attached hydrogen (secondary N) is 2. The monoisotopic (exact) mass is 298 g/mol. The summed E-state index contributed by atoms with van der Waals surface area (Å²) in [5.74, 6) is -2.69. The molecule has 0 spiro atoms. The van der Waals surface area contributed by atoms with E-state index in [1.165, 1.54) is 0 Å². The zero-order chi connectivity index (χ0) is 14.8. The SMILES string of the molecule is COC(=O)C1(F)C(=O)NC(=O)NC1Sc1ccccc1. The maximum atomic E-state index is 14.8. The third-order valence-corrected chi connectivity index (χ3v) is 3.88. The number of ether oxygens (including phenoxy) is 1. The van der Waals surface area contributed by atoms with Crippen LogP contribution in [-0.2, 0) is 14.3 Å². The number of halogens is 1. The van der Waals surface area contributed by atoms with Crippen molar-refractivity contribution < 1.29 is 23.5 Å². The molecule has 0 aliphatic carbocycles. The molecule has 1 heterocycles. The van der Waals surface area contributed by atoms with Gasteiger partial charge in [0.15, 0.2) is 0 Å². The molecule has 6 nitrogen and oxygen atoms in total. The van der Waals surface area contributed by atoms with Crippen LogP contribution in [0, 0.1) is 0 Å². The number of rotatable bonds is 3. The summed E-state index contributed by atoms with van der Waals surface area (Å²) in [5.41, 5.74) is -2.98. The third-order valence-electron chi connectivity index (χ3n) is 2.66. The van der Waals surface area contributed by atoms with Crippen LogP contribution in [0.15, 0.2) is 35.2 Å². The number of hydrogen-bond acceptors (Lipinski definition) is 5. The average Bonchev–Trinajstić information content (AvgIpc) is 2.44. The number of imide groups is 1. The lowest BCUT2D eigenvalue weighted by Crippen LogP contribution is -2.69. The Labute approximate surface area is 118 Å². The summed E-state index contributed by atoms with van der Waals surface area (Å²) in [7, 11) is 0.970. The maximum absolute atomic E-state index is 14.8. The lowest BCUT2D eigenvalue weighted by Gasteiger charge is -2.33. The molecule has 2 rings (SSSR count). The Bertz CT molecular complexity index is 554. The van der Waals surface area contributed by atoms with E-state index in [1.54, 1.807) is 35.6 Å². The van der Waals surface area contributed by atoms with Crippen LogP contribution >= 0.6 is 11.8 Å². The van der Waals surface area contributed by atoms with Gasteiger partial charge in [0.2, 0.25) is 0 Å². The minimum absolute atomic E-state index is 0.596. The number of benzene rings is 1. The zero-order valence-corrected chi connectivity index (χ0v) is 11.2. The van der Waals surface area contributed by atoms with Crippen molar-refractivity contribution in [2.75, 3.05) is 7.11 Å². The molecular weight excluding hydrogens is 287 g/mol. The molecule has 2 unspecified atom stereocenters. The van der Waals surface area contributed by atoms with Gasteiger partial charge in [-0.15, -0.1) is 0 Å². The summed E-state index contributed by atoms with van der Waals surface area (Å²) in [6, 6.07) is 7.66. The van der Waals surface area contributed by atoms with Crippen LogP contribution in [0.2, 0.25) is 0 Å². The summed E-state index contributed by atoms with van der Waals surface area (Å²) in [6.07, 6.45) is 0. The smallest absolute Gasteiger partial charge is 0.356 e. The second-order valence-electron chi connectivity index (χ2n) is 3.94. The first-order valence-corrected chi connectivity index (χ1v) is 6.47. The third kappa shape index (κ3) is 2.46. The van der Waals surface area contributed by atoms with Gasteiger partial charge < -0.3 is 10.1 Å². The highest BCUT2D eigenvalue weighted by Gasteiger charge is 2.59. The maximum Gasteiger partial charge on any atom is 0.356 e. The molecule has 8 heteroatoms. The van der Waals surface area contributed by atoms with Crippen molar-refractivity contribution in [3.8, 4) is 0 Å². The van der Waals surface area contributed by atoms with Crippen molar-refractivity contribution in [2.45, 2.75) is 15.9 Å². The lowest BCUT2D eigenvalue weighted by molar-refractivity contribution is -0.161. The van der Waals surface area contributed by atoms with Crippen molar-refractivity contribution in [1.82, 2.24) is 10.6 Å². The molecule has 106 valence electrons. The van der Waals surface area contributed by atoms with Gasteiger partial charge in [-0.05, 0) is 12.1 Å². The first kappa shape index (κ1) is 14.3. The van der Waals surface area contributed by atoms with E-state index in [0.717, 1.165) is 18.9 Å². The standard InChI is InChI=1S/C12H11FN2O4S/c1-19-10(17)12(13)8(16)14-11(18)15-9(12)20-7-5-3-2-4-6-7/h2-6,9H,1H3,(H2,14,15,16,18). The van der Waals surface area contributed by atoms with E-state index in [1.807, 2.05) is 0 Å². The van der Waals surface area contributed by atoms with Gasteiger partial charge in [-0.1, -0.05) is 30.0 Å². The number of carbonyl (C=O) groups is 3. The fourth-order valence-electron chi connectivity index (χ4n) is 1.66. The molecule has 20 heavy (non-hydrogen) atoms. The first-order valence-electron chi connectivity index (χ1n) is 5.59. The van der Waals surface area contributed by atoms with E-state index in [-0.39, 0.29) is 0 Å². The molecular formula is C12H11FN2O4S. The molecule has 0 aromatic heterocycles. The Morgan fingerprint density at radius 1 is 1.35 bits per heavy atom. The summed E-state index contributed by atoms with van der Waals surface area (Å²) in [6.45, 7) is 0. The summed E-state index contributed by atoms with van der Waals surface area (Å²) in [4.78, 5) is 35.1. The second-order valence-corrected chi connectivity index (χ2v) is 5.12. The zero-order valence-electron chi connectivity index (χ0n) is 10.4. The van der Waals surface area contributed by atoms with Crippen LogP contribution < -0.4 is 10.6 Å². The predicted octanol–water partition coefficient (Wildman–Crippen LogP) is 0.826. The summed E-state index contributed by atoms with van der Waals surface area (Å²) in [5, 5.41) is 2.54. The molecule has 1 saturated heterocycles. The topological polar surface area (TPSA) is 84.5 Å². The number of esters is 1. The van der Waals surface area contributed by atoms with Crippen LogP contribution in [0.5, 0.6) is 0 Å². The first-order chi connectivity index (χ1) is 9.48. The van der Waals surface area contributed by atoms with Crippen molar-refractivity contribution in [3.05, 3.63) is 30.3 Å². The Balaban J connectivity index is 2.32. The molecule has 0 bridgehead atoms. The fraction of sp³-hybridized carbons (Fsp3) is 0.250. The molecule has 1 aromatic rings. The van der Waals surface area contributed by atoms with Gasteiger partial charge >= 0.3 is 17.7 Å². The molecule has 2 atom stereocenters. The minimum Gasteiger partial charge on any atom is -0.466 e. The number of thioether (sulfide) groups is 1. The number of methoxy groups -OCH3 is 1. The average molecular weight is 298 g/mol. The van der Waals surface area contributed by atoms with Crippen LogP contribution in [0.1, 0.15) is 0 Å². The van der Waals surface area contributed by atoms with E-state index in [2.05, 4.69) is 10.1 Å². The van der Waals surface area contributed by atoms with Crippen molar-refractivity contribution >= 4 is 29.7 Å². The van der Waals surface area contributed by atoms with Crippen molar-refractivity contribution in [2.24, 2.45) is 0 Å². The number of hydrogen-bond donors (Lipinski definition) is 2. The molecule has 0 saturated carbocycles. The Hall–Kier alpha value is -2.09. The predicted molar refractivity (Wildman–Crippen MR) is 68.6 cm³/mol. The number of urea groups is 1. The van der Waals surface area contributed by atoms with E-state index in [4.69, 9.17) is 0 Å². The van der Waals surface area contributed by atoms with Gasteiger partial charge in [-0.25, -0.2) is 14.0 Å². The highest BCUT2D eigenvalue weighted by atomic mass is 32.2. The number of alkyl halides is 1. The van der Waals surface area contributed by atoms with Gasteiger partial charge in [0.1, 0.15) is 5.37 Å². The van der Waals surface area contributed by atoms with E-state index >= 15 is 0 Å². The fourth-order valence-corrected chi connectivity index (χ4v) is 2.78. The van der Waals surface area contributed by atoms with E-state index in [9.17, 15) is 18.8 Å². The normalized spacial score (nSPS) is 25.6. The van der Waals surface area contributed by atoms with Gasteiger partial charge in [-0.2, -0.15) is 0 Å². The van der Waals surface area contributed by atoms with Gasteiger partial charge in [-0.3, -0.25) is 10.1 Å². The van der Waals surface area contributed by atoms with Crippen LogP contribution in [-0.4, -0.2) is 36.1 Å². The Morgan fingerprint density at radius 3 is 2.60 bits per heavy atom. The number of amides is 3. The molecule has 0 radical (unpaired) electrons.